The van der Waals surface area contributed by atoms with Crippen LogP contribution >= 0.6 is 0 Å². The Labute approximate surface area is 117 Å². The van der Waals surface area contributed by atoms with Crippen LogP contribution in [0.2, 0.25) is 0 Å². The highest BCUT2D eigenvalue weighted by atomic mass is 19.4. The van der Waals surface area contributed by atoms with Gasteiger partial charge in [-0.3, -0.25) is 4.79 Å². The number of imidazole rings is 1. The fraction of sp³-hybridized carbons (Fsp3) is 0.545. The van der Waals surface area contributed by atoms with Gasteiger partial charge in [0.15, 0.2) is 0 Å². The van der Waals surface area contributed by atoms with E-state index in [0.717, 1.165) is 9.47 Å². The van der Waals surface area contributed by atoms with Crippen molar-refractivity contribution in [1.82, 2.24) is 14.5 Å². The summed E-state index contributed by atoms with van der Waals surface area (Å²) in [4.78, 5) is 26.4. The van der Waals surface area contributed by atoms with Crippen molar-refractivity contribution >= 4 is 17.7 Å². The van der Waals surface area contributed by atoms with E-state index in [2.05, 4.69) is 10.3 Å². The van der Waals surface area contributed by atoms with Gasteiger partial charge in [0.1, 0.15) is 11.6 Å². The molecule has 0 aromatic carbocycles. The van der Waals surface area contributed by atoms with Crippen LogP contribution in [0, 0.1) is 0 Å². The van der Waals surface area contributed by atoms with Gasteiger partial charge in [-0.1, -0.05) is 0 Å². The molecule has 0 radical (unpaired) electrons. The van der Waals surface area contributed by atoms with Gasteiger partial charge in [-0.15, -0.1) is 0 Å². The van der Waals surface area contributed by atoms with Crippen LogP contribution in [0.3, 0.4) is 0 Å². The minimum Gasteiger partial charge on any atom is -0.465 e. The molecule has 1 amide bonds. The van der Waals surface area contributed by atoms with Gasteiger partial charge in [-0.05, 0) is 6.92 Å². The van der Waals surface area contributed by atoms with Crippen molar-refractivity contribution in [1.29, 1.82) is 0 Å². The smallest absolute Gasteiger partial charge is 0.449 e. The maximum atomic E-state index is 12.9. The summed E-state index contributed by atoms with van der Waals surface area (Å²) in [6, 6.07) is 0. The van der Waals surface area contributed by atoms with Gasteiger partial charge in [0.25, 0.3) is 0 Å². The Balaban J connectivity index is 2.39. The predicted octanol–water partition coefficient (Wildman–Crippen LogP) is 1.40. The Morgan fingerprint density at radius 2 is 2.05 bits per heavy atom. The van der Waals surface area contributed by atoms with Crippen molar-refractivity contribution in [3.8, 4) is 0 Å². The number of nitrogens with zero attached hydrogens (tertiary/aromatic N) is 3. The number of alkyl halides is 3. The number of rotatable bonds is 3. The first-order chi connectivity index (χ1) is 9.70. The van der Waals surface area contributed by atoms with Gasteiger partial charge in [0.2, 0.25) is 5.82 Å². The lowest BCUT2D eigenvalue weighted by Crippen LogP contribution is -2.38. The molecule has 21 heavy (non-hydrogen) atoms. The predicted molar refractivity (Wildman–Crippen MR) is 64.8 cm³/mol. The summed E-state index contributed by atoms with van der Waals surface area (Å²) in [5, 5.41) is 11.5. The molecule has 1 aliphatic rings. The minimum absolute atomic E-state index is 0.0477. The number of fused-ring (bicyclic) bond motifs is 1. The molecular weight excluding hydrogens is 293 g/mol. The number of Topliss-reactive ketones (excluding diaryl/α,β-unsaturated/α-hetero) is 1. The quantitative estimate of drug-likeness (QED) is 0.881. The third kappa shape index (κ3) is 3.09. The van der Waals surface area contributed by atoms with Gasteiger partial charge in [0.05, 0.1) is 18.8 Å². The topological polar surface area (TPSA) is 87.5 Å². The van der Waals surface area contributed by atoms with Crippen LogP contribution in [0.25, 0.3) is 0 Å². The summed E-state index contributed by atoms with van der Waals surface area (Å²) in [5.74, 6) is -1.46. The van der Waals surface area contributed by atoms with Gasteiger partial charge in [0, 0.05) is 13.1 Å². The lowest BCUT2D eigenvalue weighted by molar-refractivity contribution is -0.147. The number of hydrogen-bond acceptors (Lipinski definition) is 4. The number of carbonyl (C=O) groups is 2. The maximum absolute atomic E-state index is 12.9. The highest BCUT2D eigenvalue weighted by Gasteiger charge is 2.40. The molecule has 0 unspecified atom stereocenters. The fourth-order valence-electron chi connectivity index (χ4n) is 2.10. The molecular formula is C11H13F3N4O3. The number of ketones is 1. The summed E-state index contributed by atoms with van der Waals surface area (Å²) in [7, 11) is 0. The number of carboxylic acid groups (broad SMARTS) is 1. The highest BCUT2D eigenvalue weighted by Crippen LogP contribution is 2.33. The lowest BCUT2D eigenvalue weighted by atomic mass is 10.3. The zero-order valence-electron chi connectivity index (χ0n) is 11.1. The summed E-state index contributed by atoms with van der Waals surface area (Å²) in [5.41, 5.74) is 0.109. The molecule has 0 bridgehead atoms. The van der Waals surface area contributed by atoms with E-state index < -0.39 is 18.1 Å². The Hall–Kier alpha value is -2.26. The van der Waals surface area contributed by atoms with Crippen molar-refractivity contribution in [2.75, 3.05) is 18.4 Å². The van der Waals surface area contributed by atoms with Crippen LogP contribution < -0.4 is 5.32 Å². The second-order valence-corrected chi connectivity index (χ2v) is 4.64. The largest absolute Gasteiger partial charge is 0.465 e. The third-order valence-electron chi connectivity index (χ3n) is 3.04. The molecule has 2 N–H and O–H groups in total. The van der Waals surface area contributed by atoms with Crippen LogP contribution in [-0.2, 0) is 24.1 Å². The van der Waals surface area contributed by atoms with Gasteiger partial charge in [-0.2, -0.15) is 13.2 Å². The highest BCUT2D eigenvalue weighted by molar-refractivity contribution is 5.80. The van der Waals surface area contributed by atoms with Crippen LogP contribution in [0.1, 0.15) is 18.4 Å². The summed E-state index contributed by atoms with van der Waals surface area (Å²) in [6.07, 6.45) is -5.86. The van der Waals surface area contributed by atoms with Crippen molar-refractivity contribution in [3.05, 3.63) is 11.5 Å². The lowest BCUT2D eigenvalue weighted by Gasteiger charge is -2.27. The number of hydrogen-bond donors (Lipinski definition) is 2. The van der Waals surface area contributed by atoms with Crippen molar-refractivity contribution in [3.63, 3.8) is 0 Å². The zero-order valence-corrected chi connectivity index (χ0v) is 11.1. The van der Waals surface area contributed by atoms with E-state index >= 15 is 0 Å². The van der Waals surface area contributed by atoms with Crippen LogP contribution in [0.4, 0.5) is 23.8 Å². The molecule has 0 saturated heterocycles. The summed E-state index contributed by atoms with van der Waals surface area (Å²) >= 11 is 0. The molecule has 0 atom stereocenters. The summed E-state index contributed by atoms with van der Waals surface area (Å²) < 4.78 is 39.8. The first-order valence-electron chi connectivity index (χ1n) is 6.08. The number of anilines is 1. The van der Waals surface area contributed by atoms with E-state index in [1.165, 1.54) is 6.92 Å². The number of carbonyl (C=O) groups excluding carboxylic acids is 1. The minimum atomic E-state index is -4.64. The Morgan fingerprint density at radius 3 is 2.57 bits per heavy atom. The Kier molecular flexibility index (Phi) is 3.79. The SMILES string of the molecule is CC(=O)CNc1nc(C(F)(F)F)n2c1CN(C(=O)O)CC2. The molecule has 1 aromatic heterocycles. The molecule has 2 rings (SSSR count). The Bertz CT molecular complexity index is 582. The molecule has 7 nitrogen and oxygen atoms in total. The van der Waals surface area contributed by atoms with E-state index in [9.17, 15) is 22.8 Å². The second-order valence-electron chi connectivity index (χ2n) is 4.64. The van der Waals surface area contributed by atoms with Crippen molar-refractivity contribution in [2.45, 2.75) is 26.2 Å². The second kappa shape index (κ2) is 5.26. The molecule has 0 aliphatic carbocycles. The zero-order chi connectivity index (χ0) is 15.8. The van der Waals surface area contributed by atoms with Crippen LogP contribution in [0.15, 0.2) is 0 Å². The van der Waals surface area contributed by atoms with E-state index in [-0.39, 0.29) is 43.5 Å². The Morgan fingerprint density at radius 1 is 1.38 bits per heavy atom. The number of nitrogens with one attached hydrogen (secondary N) is 1. The molecule has 1 aliphatic heterocycles. The third-order valence-corrected chi connectivity index (χ3v) is 3.04. The van der Waals surface area contributed by atoms with Crippen molar-refractivity contribution in [2.24, 2.45) is 0 Å². The standard InChI is InChI=1S/C11H13F3N4O3/c1-6(19)4-15-8-7-5-17(10(20)21)2-3-18(7)9(16-8)11(12,13)14/h15H,2-5H2,1H3,(H,20,21). The van der Waals surface area contributed by atoms with Gasteiger partial charge >= 0.3 is 12.3 Å². The van der Waals surface area contributed by atoms with Gasteiger partial charge < -0.3 is 19.9 Å². The average molecular weight is 306 g/mol. The van der Waals surface area contributed by atoms with Crippen LogP contribution in [0.5, 0.6) is 0 Å². The summed E-state index contributed by atoms with van der Waals surface area (Å²) in [6.45, 7) is 0.718. The molecule has 2 heterocycles. The monoisotopic (exact) mass is 306 g/mol. The molecule has 0 saturated carbocycles. The van der Waals surface area contributed by atoms with E-state index in [1.807, 2.05) is 0 Å². The van der Waals surface area contributed by atoms with E-state index in [1.54, 1.807) is 0 Å². The number of amides is 1. The average Bonchev–Trinajstić information content (AvgIpc) is 2.74. The first kappa shape index (κ1) is 15.1. The van der Waals surface area contributed by atoms with Gasteiger partial charge in [-0.25, -0.2) is 9.78 Å². The molecule has 10 heteroatoms. The normalized spacial score (nSPS) is 14.8. The fourth-order valence-corrected chi connectivity index (χ4v) is 2.10. The number of aromatic nitrogens is 2. The van der Waals surface area contributed by atoms with Crippen molar-refractivity contribution < 1.29 is 27.9 Å². The van der Waals surface area contributed by atoms with Crippen LogP contribution in [-0.4, -0.2) is 44.5 Å². The maximum Gasteiger partial charge on any atom is 0.449 e. The molecule has 0 fully saturated rings. The molecule has 0 spiro atoms. The van der Waals surface area contributed by atoms with E-state index in [0.29, 0.717) is 0 Å². The molecule has 116 valence electrons. The van der Waals surface area contributed by atoms with E-state index in [4.69, 9.17) is 5.11 Å². The molecule has 1 aromatic rings. The number of halogens is 3. The first-order valence-corrected chi connectivity index (χ1v) is 6.08.